The molecule has 0 aliphatic rings. The Balaban J connectivity index is 3.73. The highest BCUT2D eigenvalue weighted by molar-refractivity contribution is 7.48. The van der Waals surface area contributed by atoms with E-state index >= 15 is 0 Å². The summed E-state index contributed by atoms with van der Waals surface area (Å²) in [5.74, 6) is 0. The molecule has 0 aliphatic heterocycles. The van der Waals surface area contributed by atoms with E-state index in [0.717, 1.165) is 6.42 Å². The van der Waals surface area contributed by atoms with Crippen LogP contribution >= 0.6 is 7.82 Å². The number of unbranched alkanes of at least 4 members (excludes halogenated alkanes) is 15. The first kappa shape index (κ1) is 40.3. The van der Waals surface area contributed by atoms with Gasteiger partial charge in [0.15, 0.2) is 0 Å². The van der Waals surface area contributed by atoms with E-state index in [-0.39, 0.29) is 19.8 Å². The Hall–Kier alpha value is -0.660. The van der Waals surface area contributed by atoms with E-state index in [1.807, 2.05) is 0 Å². The van der Waals surface area contributed by atoms with E-state index in [2.05, 4.69) is 12.2 Å². The summed E-state index contributed by atoms with van der Waals surface area (Å²) in [4.78, 5) is 11.7. The highest BCUT2D eigenvalue weighted by Crippen LogP contribution is 2.52. The van der Waals surface area contributed by atoms with Crippen LogP contribution in [-0.2, 0) is 27.6 Å². The first-order chi connectivity index (χ1) is 19.4. The third-order valence-corrected chi connectivity index (χ3v) is 7.87. The molecule has 0 aromatic carbocycles. The molecule has 0 bridgehead atoms. The highest BCUT2D eigenvalue weighted by Gasteiger charge is 2.32. The summed E-state index contributed by atoms with van der Waals surface area (Å²) >= 11 is 0. The molecule has 8 nitrogen and oxygen atoms in total. The second-order valence-electron chi connectivity index (χ2n) is 12.9. The lowest BCUT2D eigenvalue weighted by molar-refractivity contribution is 0.0393. The molecule has 0 saturated carbocycles. The fraction of sp³-hybridized carbons (Fsp3) is 0.938. The van der Waals surface area contributed by atoms with Gasteiger partial charge in [-0.1, -0.05) is 103 Å². The van der Waals surface area contributed by atoms with Gasteiger partial charge in [-0.25, -0.2) is 9.36 Å². The third kappa shape index (κ3) is 30.6. The number of hydrogen-bond acceptors (Lipinski definition) is 7. The van der Waals surface area contributed by atoms with Crippen molar-refractivity contribution >= 4 is 13.9 Å². The average molecular weight is 607 g/mol. The van der Waals surface area contributed by atoms with Gasteiger partial charge >= 0.3 is 13.9 Å². The summed E-state index contributed by atoms with van der Waals surface area (Å²) in [5, 5.41) is 2.56. The van der Waals surface area contributed by atoms with E-state index < -0.39 is 25.1 Å². The van der Waals surface area contributed by atoms with Gasteiger partial charge < -0.3 is 14.8 Å². The van der Waals surface area contributed by atoms with Gasteiger partial charge in [0.1, 0.15) is 5.60 Å². The first-order valence-electron chi connectivity index (χ1n) is 16.3. The second-order valence-corrected chi connectivity index (χ2v) is 14.5. The Morgan fingerprint density at radius 1 is 0.659 bits per heavy atom. The smallest absolute Gasteiger partial charge is 0.444 e. The van der Waals surface area contributed by atoms with E-state index in [9.17, 15) is 9.36 Å². The van der Waals surface area contributed by atoms with E-state index in [1.54, 1.807) is 48.0 Å². The molecule has 0 aromatic rings. The monoisotopic (exact) mass is 606 g/mol. The van der Waals surface area contributed by atoms with Crippen LogP contribution in [0.3, 0.4) is 0 Å². The van der Waals surface area contributed by atoms with E-state index in [4.69, 9.17) is 23.0 Å². The molecule has 1 atom stereocenters. The fourth-order valence-corrected chi connectivity index (χ4v) is 5.61. The third-order valence-electron chi connectivity index (χ3n) is 6.13. The van der Waals surface area contributed by atoms with Gasteiger partial charge in [0.05, 0.1) is 25.4 Å². The number of carbonyl (C=O) groups excluding carboxylic acids is 1. The SMILES string of the molecule is CCCCCCCCCCCCCCCCCCOC[CH]COP(=O)(OCCNC(=O)OC(C)(C)C)OC(C)(C)C. The molecule has 1 radical (unpaired) electrons. The predicted octanol–water partition coefficient (Wildman–Crippen LogP) is 9.95. The molecule has 41 heavy (non-hydrogen) atoms. The van der Waals surface area contributed by atoms with E-state index in [1.165, 1.54) is 96.3 Å². The molecule has 1 N–H and O–H groups in total. The fourth-order valence-electron chi connectivity index (χ4n) is 4.16. The van der Waals surface area contributed by atoms with Crippen LogP contribution in [0.5, 0.6) is 0 Å². The maximum absolute atomic E-state index is 13.0. The first-order valence-corrected chi connectivity index (χ1v) is 17.8. The Morgan fingerprint density at radius 3 is 1.61 bits per heavy atom. The van der Waals surface area contributed by atoms with Gasteiger partial charge in [-0.05, 0) is 48.0 Å². The van der Waals surface area contributed by atoms with Gasteiger partial charge in [-0.3, -0.25) is 13.6 Å². The maximum Gasteiger partial charge on any atom is 0.475 e. The Morgan fingerprint density at radius 2 is 1.15 bits per heavy atom. The summed E-state index contributed by atoms with van der Waals surface area (Å²) < 4.78 is 40.3. The summed E-state index contributed by atoms with van der Waals surface area (Å²) in [5.41, 5.74) is -1.32. The second kappa shape index (κ2) is 24.7. The number of carbonyl (C=O) groups is 1. The van der Waals surface area contributed by atoms with Gasteiger partial charge in [-0.15, -0.1) is 0 Å². The van der Waals surface area contributed by atoms with Crippen LogP contribution in [0.1, 0.15) is 151 Å². The normalized spacial score (nSPS) is 13.7. The molecule has 0 rings (SSSR count). The van der Waals surface area contributed by atoms with Gasteiger partial charge in [0.25, 0.3) is 0 Å². The van der Waals surface area contributed by atoms with Crippen molar-refractivity contribution in [3.63, 3.8) is 0 Å². The predicted molar refractivity (Wildman–Crippen MR) is 169 cm³/mol. The van der Waals surface area contributed by atoms with Crippen LogP contribution < -0.4 is 5.32 Å². The Kier molecular flexibility index (Phi) is 24.3. The number of amides is 1. The molecule has 1 amide bonds. The van der Waals surface area contributed by atoms with Crippen LogP contribution in [-0.4, -0.2) is 50.3 Å². The minimum atomic E-state index is -3.82. The molecule has 0 spiro atoms. The number of phosphoric acid groups is 1. The number of rotatable bonds is 27. The number of nitrogens with one attached hydrogen (secondary N) is 1. The maximum atomic E-state index is 13.0. The topological polar surface area (TPSA) is 92.3 Å². The van der Waals surface area contributed by atoms with Crippen molar-refractivity contribution in [2.75, 3.05) is 33.0 Å². The zero-order valence-electron chi connectivity index (χ0n) is 27.7. The minimum Gasteiger partial charge on any atom is -0.444 e. The van der Waals surface area contributed by atoms with Crippen LogP contribution in [0.25, 0.3) is 0 Å². The van der Waals surface area contributed by atoms with Gasteiger partial charge in [0.2, 0.25) is 0 Å². The lowest BCUT2D eigenvalue weighted by Gasteiger charge is -2.26. The summed E-state index contributed by atoms with van der Waals surface area (Å²) in [6.45, 7) is 14.2. The highest BCUT2D eigenvalue weighted by atomic mass is 31.2. The van der Waals surface area contributed by atoms with Crippen molar-refractivity contribution in [2.24, 2.45) is 0 Å². The molecule has 9 heteroatoms. The van der Waals surface area contributed by atoms with Crippen LogP contribution in [0, 0.1) is 6.42 Å². The summed E-state index contributed by atoms with van der Waals surface area (Å²) in [6, 6.07) is 0. The summed E-state index contributed by atoms with van der Waals surface area (Å²) in [7, 11) is -3.82. The van der Waals surface area contributed by atoms with Crippen LogP contribution in [0.4, 0.5) is 4.79 Å². The van der Waals surface area contributed by atoms with Gasteiger partial charge in [-0.2, -0.15) is 0 Å². The van der Waals surface area contributed by atoms with Crippen LogP contribution in [0.2, 0.25) is 0 Å². The number of hydrogen-bond donors (Lipinski definition) is 1. The average Bonchev–Trinajstić information content (AvgIpc) is 2.85. The van der Waals surface area contributed by atoms with Crippen molar-refractivity contribution in [3.8, 4) is 0 Å². The molecule has 0 heterocycles. The molecule has 0 aromatic heterocycles. The molecule has 1 unspecified atom stereocenters. The van der Waals surface area contributed by atoms with Crippen molar-refractivity contribution in [2.45, 2.75) is 162 Å². The van der Waals surface area contributed by atoms with Crippen molar-refractivity contribution < 1.29 is 32.4 Å². The number of phosphoric ester groups is 1. The van der Waals surface area contributed by atoms with Crippen LogP contribution in [0.15, 0.2) is 0 Å². The largest absolute Gasteiger partial charge is 0.475 e. The lowest BCUT2D eigenvalue weighted by atomic mass is 10.0. The molecular weight excluding hydrogens is 541 g/mol. The minimum absolute atomic E-state index is 0.0393. The molecule has 0 aliphatic carbocycles. The zero-order valence-corrected chi connectivity index (χ0v) is 28.6. The Bertz CT molecular complexity index is 661. The van der Waals surface area contributed by atoms with Crippen molar-refractivity contribution in [1.29, 1.82) is 0 Å². The van der Waals surface area contributed by atoms with Crippen molar-refractivity contribution in [1.82, 2.24) is 5.32 Å². The summed E-state index contributed by atoms with van der Waals surface area (Å²) in [6.07, 6.45) is 22.8. The standard InChI is InChI=1S/C32H65NO7P/c1-8-9-10-11-12-13-14-15-16-17-18-19-20-21-22-23-26-36-27-24-28-37-41(35,40-32(5,6)7)38-29-25-33-30(34)39-31(2,3)4/h24H,8-23,25-29H2,1-7H3,(H,33,34). The molecular formula is C32H65NO7P. The zero-order chi connectivity index (χ0) is 30.9. The quantitative estimate of drug-likeness (QED) is 0.0735. The molecule has 245 valence electrons. The lowest BCUT2D eigenvalue weighted by Crippen LogP contribution is -2.34. The Labute approximate surface area is 253 Å². The van der Waals surface area contributed by atoms with E-state index in [0.29, 0.717) is 13.2 Å². The van der Waals surface area contributed by atoms with Crippen molar-refractivity contribution in [3.05, 3.63) is 6.42 Å². The number of ether oxygens (including phenoxy) is 2. The molecule has 0 saturated heterocycles. The molecule has 0 fully saturated rings. The van der Waals surface area contributed by atoms with Gasteiger partial charge in [0, 0.05) is 19.6 Å². The number of alkyl carbamates (subject to hydrolysis) is 1.